The van der Waals surface area contributed by atoms with Gasteiger partial charge in [-0.25, -0.2) is 0 Å². The Hall–Kier alpha value is -0.370. The number of carbonyl (C=O) groups excluding carboxylic acids is 2. The summed E-state index contributed by atoms with van der Waals surface area (Å²) in [5, 5.41) is -0.799. The molecule has 0 atom stereocenters. The number of Topliss-reactive ketones (excluding diaryl/α,β-unsaturated/α-hetero) is 1. The highest BCUT2D eigenvalue weighted by molar-refractivity contribution is 6.81. The number of carbonyl (C=O) groups is 2. The van der Waals surface area contributed by atoms with Gasteiger partial charge in [-0.1, -0.05) is 12.8 Å². The molecule has 3 heteroatoms. The van der Waals surface area contributed by atoms with E-state index in [0.717, 1.165) is 25.7 Å². The van der Waals surface area contributed by atoms with Gasteiger partial charge in [0.1, 0.15) is 0 Å². The Balaban J connectivity index is 2.48. The standard InChI is InChI=1S/C7H9ClO2/c8-7(10)6(9)5-3-1-2-4-5/h5H,1-4H2. The monoisotopic (exact) mass is 160 g/mol. The first-order valence-electron chi connectivity index (χ1n) is 3.45. The highest BCUT2D eigenvalue weighted by atomic mass is 35.5. The largest absolute Gasteiger partial charge is 0.289 e. The summed E-state index contributed by atoms with van der Waals surface area (Å²) >= 11 is 5.02. The molecule has 1 aliphatic rings. The Kier molecular flexibility index (Phi) is 2.44. The summed E-state index contributed by atoms with van der Waals surface area (Å²) in [6.45, 7) is 0. The molecule has 56 valence electrons. The van der Waals surface area contributed by atoms with Crippen molar-refractivity contribution < 1.29 is 9.59 Å². The van der Waals surface area contributed by atoms with Crippen molar-refractivity contribution in [1.29, 1.82) is 0 Å². The van der Waals surface area contributed by atoms with Crippen molar-refractivity contribution in [3.8, 4) is 0 Å². The van der Waals surface area contributed by atoms with Crippen LogP contribution in [0.15, 0.2) is 0 Å². The van der Waals surface area contributed by atoms with Crippen molar-refractivity contribution in [3.63, 3.8) is 0 Å². The first-order valence-corrected chi connectivity index (χ1v) is 3.83. The van der Waals surface area contributed by atoms with E-state index in [0.29, 0.717) is 0 Å². The number of hydrogen-bond acceptors (Lipinski definition) is 2. The van der Waals surface area contributed by atoms with Crippen LogP contribution < -0.4 is 0 Å². The third kappa shape index (κ3) is 1.57. The molecule has 0 aromatic heterocycles. The zero-order valence-electron chi connectivity index (χ0n) is 5.60. The van der Waals surface area contributed by atoms with Gasteiger partial charge in [0.15, 0.2) is 0 Å². The van der Waals surface area contributed by atoms with Gasteiger partial charge >= 0.3 is 0 Å². The smallest absolute Gasteiger partial charge is 0.288 e. The summed E-state index contributed by atoms with van der Waals surface area (Å²) in [6.07, 6.45) is 3.80. The van der Waals surface area contributed by atoms with Gasteiger partial charge in [-0.15, -0.1) is 0 Å². The first-order chi connectivity index (χ1) is 4.72. The molecular formula is C7H9ClO2. The summed E-state index contributed by atoms with van der Waals surface area (Å²) in [5.74, 6) is -0.454. The van der Waals surface area contributed by atoms with E-state index in [1.54, 1.807) is 0 Å². The Bertz CT molecular complexity index is 159. The van der Waals surface area contributed by atoms with Crippen molar-refractivity contribution in [2.24, 2.45) is 5.92 Å². The van der Waals surface area contributed by atoms with Crippen molar-refractivity contribution in [1.82, 2.24) is 0 Å². The van der Waals surface area contributed by atoms with Gasteiger partial charge in [-0.05, 0) is 24.4 Å². The number of hydrogen-bond donors (Lipinski definition) is 0. The molecule has 0 radical (unpaired) electrons. The average molecular weight is 161 g/mol. The van der Waals surface area contributed by atoms with Gasteiger partial charge in [0.25, 0.3) is 5.24 Å². The van der Waals surface area contributed by atoms with E-state index in [2.05, 4.69) is 0 Å². The third-order valence-corrected chi connectivity index (χ3v) is 2.11. The van der Waals surface area contributed by atoms with Crippen LogP contribution in [-0.4, -0.2) is 11.0 Å². The molecule has 0 saturated heterocycles. The zero-order chi connectivity index (χ0) is 7.56. The quantitative estimate of drug-likeness (QED) is 0.453. The lowest BCUT2D eigenvalue weighted by atomic mass is 10.0. The normalized spacial score (nSPS) is 19.3. The molecule has 0 unspecified atom stereocenters. The molecule has 1 fully saturated rings. The van der Waals surface area contributed by atoms with Gasteiger partial charge in [0.05, 0.1) is 0 Å². The SMILES string of the molecule is O=C(Cl)C(=O)C1CCCC1. The molecule has 0 aromatic rings. The van der Waals surface area contributed by atoms with Gasteiger partial charge in [-0.3, -0.25) is 9.59 Å². The predicted molar refractivity (Wildman–Crippen MR) is 37.8 cm³/mol. The average Bonchev–Trinajstić information content (AvgIpc) is 2.36. The van der Waals surface area contributed by atoms with Crippen LogP contribution in [0.3, 0.4) is 0 Å². The molecule has 1 aliphatic carbocycles. The molecule has 2 nitrogen and oxygen atoms in total. The molecular weight excluding hydrogens is 152 g/mol. The highest BCUT2D eigenvalue weighted by Crippen LogP contribution is 2.25. The Labute approximate surface area is 64.5 Å². The molecule has 1 rings (SSSR count). The molecule has 0 aromatic carbocycles. The molecule has 0 heterocycles. The van der Waals surface area contributed by atoms with Crippen LogP contribution in [0.2, 0.25) is 0 Å². The maximum atomic E-state index is 10.9. The Morgan fingerprint density at radius 3 is 2.10 bits per heavy atom. The molecule has 0 aliphatic heterocycles. The van der Waals surface area contributed by atoms with Gasteiger partial charge in [0.2, 0.25) is 5.78 Å². The summed E-state index contributed by atoms with van der Waals surface area (Å²) in [5.41, 5.74) is 0. The van der Waals surface area contributed by atoms with Crippen molar-refractivity contribution >= 4 is 22.6 Å². The Morgan fingerprint density at radius 1 is 1.20 bits per heavy atom. The van der Waals surface area contributed by atoms with Gasteiger partial charge in [0, 0.05) is 5.92 Å². The topological polar surface area (TPSA) is 34.1 Å². The van der Waals surface area contributed by atoms with Crippen LogP contribution in [0, 0.1) is 5.92 Å². The van der Waals surface area contributed by atoms with Crippen molar-refractivity contribution in [2.75, 3.05) is 0 Å². The third-order valence-electron chi connectivity index (χ3n) is 1.92. The fraction of sp³-hybridized carbons (Fsp3) is 0.714. The van der Waals surface area contributed by atoms with Crippen LogP contribution in [0.4, 0.5) is 0 Å². The first kappa shape index (κ1) is 7.73. The molecule has 0 bridgehead atoms. The minimum absolute atomic E-state index is 0.0648. The van der Waals surface area contributed by atoms with Crippen LogP contribution in [0.5, 0.6) is 0 Å². The molecule has 0 spiro atoms. The lowest BCUT2D eigenvalue weighted by Gasteiger charge is -2.00. The predicted octanol–water partition coefficient (Wildman–Crippen LogP) is 1.51. The van der Waals surface area contributed by atoms with E-state index in [-0.39, 0.29) is 11.7 Å². The number of ketones is 1. The number of rotatable bonds is 2. The molecule has 0 N–H and O–H groups in total. The van der Waals surface area contributed by atoms with Crippen molar-refractivity contribution in [3.05, 3.63) is 0 Å². The van der Waals surface area contributed by atoms with E-state index < -0.39 is 5.24 Å². The van der Waals surface area contributed by atoms with Gasteiger partial charge in [-0.2, -0.15) is 0 Å². The van der Waals surface area contributed by atoms with Gasteiger partial charge < -0.3 is 0 Å². The fourth-order valence-electron chi connectivity index (χ4n) is 1.35. The van der Waals surface area contributed by atoms with Crippen LogP contribution in [-0.2, 0) is 9.59 Å². The summed E-state index contributed by atoms with van der Waals surface area (Å²) < 4.78 is 0. The second-order valence-corrected chi connectivity index (χ2v) is 2.96. The van der Waals surface area contributed by atoms with Crippen LogP contribution in [0.25, 0.3) is 0 Å². The number of halogens is 1. The maximum Gasteiger partial charge on any atom is 0.288 e. The summed E-state index contributed by atoms with van der Waals surface area (Å²) in [6, 6.07) is 0. The highest BCUT2D eigenvalue weighted by Gasteiger charge is 2.26. The zero-order valence-corrected chi connectivity index (χ0v) is 6.36. The van der Waals surface area contributed by atoms with Crippen LogP contribution >= 0.6 is 11.6 Å². The minimum Gasteiger partial charge on any atom is -0.289 e. The Morgan fingerprint density at radius 2 is 1.70 bits per heavy atom. The summed E-state index contributed by atoms with van der Waals surface area (Å²) in [4.78, 5) is 21.2. The lowest BCUT2D eigenvalue weighted by Crippen LogP contribution is -2.16. The lowest BCUT2D eigenvalue weighted by molar-refractivity contribution is -0.134. The second kappa shape index (κ2) is 3.15. The molecule has 10 heavy (non-hydrogen) atoms. The van der Waals surface area contributed by atoms with E-state index in [1.807, 2.05) is 0 Å². The van der Waals surface area contributed by atoms with Crippen molar-refractivity contribution in [2.45, 2.75) is 25.7 Å². The van der Waals surface area contributed by atoms with E-state index in [9.17, 15) is 9.59 Å². The van der Waals surface area contributed by atoms with E-state index in [1.165, 1.54) is 0 Å². The molecule has 0 amide bonds. The fourth-order valence-corrected chi connectivity index (χ4v) is 1.50. The van der Waals surface area contributed by atoms with E-state index in [4.69, 9.17) is 11.6 Å². The van der Waals surface area contributed by atoms with Crippen LogP contribution in [0.1, 0.15) is 25.7 Å². The molecule has 1 saturated carbocycles. The van der Waals surface area contributed by atoms with E-state index >= 15 is 0 Å². The summed E-state index contributed by atoms with van der Waals surface area (Å²) in [7, 11) is 0. The second-order valence-electron chi connectivity index (χ2n) is 2.62. The minimum atomic E-state index is -0.799. The maximum absolute atomic E-state index is 10.9.